The van der Waals surface area contributed by atoms with Gasteiger partial charge in [0.2, 0.25) is 0 Å². The van der Waals surface area contributed by atoms with E-state index in [1.54, 1.807) is 0 Å². The van der Waals surface area contributed by atoms with Crippen LogP contribution in [0.15, 0.2) is 0 Å². The molecule has 0 saturated carbocycles. The van der Waals surface area contributed by atoms with Crippen LogP contribution in [0.5, 0.6) is 0 Å². The molecule has 0 unspecified atom stereocenters. The van der Waals surface area contributed by atoms with Gasteiger partial charge in [-0.25, -0.2) is 0 Å². The van der Waals surface area contributed by atoms with Crippen molar-refractivity contribution in [2.75, 3.05) is 0 Å². The minimum Gasteiger partial charge on any atom is -0.512 e. The van der Waals surface area contributed by atoms with E-state index in [2.05, 4.69) is 0 Å². The van der Waals surface area contributed by atoms with Gasteiger partial charge in [-0.2, -0.15) is 0 Å². The Balaban J connectivity index is -0.00000000167. The summed E-state index contributed by atoms with van der Waals surface area (Å²) in [5.41, 5.74) is 0. The first-order chi connectivity index (χ1) is 1.00. The fourth-order valence-corrected chi connectivity index (χ4v) is 0. The zero-order valence-corrected chi connectivity index (χ0v) is 8.31. The summed E-state index contributed by atoms with van der Waals surface area (Å²) in [5, 5.41) is 6.25. The Labute approximate surface area is 100 Å². The SMILES string of the molecule is [Ag].[C-]#N.[Fe].[K+]. The molecule has 29 valence electrons. The zero-order chi connectivity index (χ0) is 2.00. The third-order valence-electron chi connectivity index (χ3n) is 0. The van der Waals surface area contributed by atoms with Crippen LogP contribution in [0.25, 0.3) is 0 Å². The van der Waals surface area contributed by atoms with E-state index in [1.807, 2.05) is 0 Å². The summed E-state index contributed by atoms with van der Waals surface area (Å²) in [4.78, 5) is 0. The molecule has 0 aromatic heterocycles. The van der Waals surface area contributed by atoms with Crippen LogP contribution < -0.4 is 51.4 Å². The molecule has 1 radical (unpaired) electrons. The standard InChI is InChI=1S/CN.Ag.Fe.K/c1-2;;;/q-1;;;+1. The Hall–Kier alpha value is 2.39. The molecule has 0 spiro atoms. The van der Waals surface area contributed by atoms with Crippen molar-refractivity contribution in [2.24, 2.45) is 0 Å². The quantitative estimate of drug-likeness (QED) is 0.322. The van der Waals surface area contributed by atoms with Gasteiger partial charge in [0.25, 0.3) is 0 Å². The molecule has 0 aromatic rings. The van der Waals surface area contributed by atoms with Crippen LogP contribution in [0.4, 0.5) is 0 Å². The maximum absolute atomic E-state index is 6.25. The van der Waals surface area contributed by atoms with E-state index in [0.29, 0.717) is 0 Å². The van der Waals surface area contributed by atoms with Gasteiger partial charge in [0.1, 0.15) is 0 Å². The Morgan fingerprint density at radius 3 is 1.20 bits per heavy atom. The van der Waals surface area contributed by atoms with Crippen molar-refractivity contribution in [3.63, 3.8) is 0 Å². The summed E-state index contributed by atoms with van der Waals surface area (Å²) < 4.78 is 0. The minimum absolute atomic E-state index is 0. The minimum atomic E-state index is 0. The van der Waals surface area contributed by atoms with Crippen LogP contribution in [-0.2, 0) is 39.4 Å². The molecule has 0 aliphatic carbocycles. The van der Waals surface area contributed by atoms with Gasteiger partial charge in [0, 0.05) is 39.4 Å². The summed E-state index contributed by atoms with van der Waals surface area (Å²) in [6.45, 7) is 4.75. The molecule has 1 nitrogen and oxygen atoms in total. The van der Waals surface area contributed by atoms with E-state index in [9.17, 15) is 0 Å². The van der Waals surface area contributed by atoms with Gasteiger partial charge in [-0.15, -0.1) is 0 Å². The van der Waals surface area contributed by atoms with E-state index < -0.39 is 0 Å². The maximum atomic E-state index is 6.25. The van der Waals surface area contributed by atoms with Gasteiger partial charge in [-0.3, -0.25) is 0 Å². The topological polar surface area (TPSA) is 23.8 Å². The molecular formula is CAgFeKN. The van der Waals surface area contributed by atoms with Crippen LogP contribution in [-0.4, -0.2) is 0 Å². The maximum Gasteiger partial charge on any atom is 1.00 e. The second-order valence-electron chi connectivity index (χ2n) is 0. The number of nitrogens with zero attached hydrogens (tertiary/aromatic N) is 1. The van der Waals surface area contributed by atoms with Gasteiger partial charge in [0.05, 0.1) is 0 Å². The average molecular weight is 229 g/mol. The number of rotatable bonds is 0. The Bertz CT molecular complexity index is 16.4. The molecule has 0 rings (SSSR count). The monoisotopic (exact) mass is 228 g/mol. The summed E-state index contributed by atoms with van der Waals surface area (Å²) in [6, 6.07) is 0. The van der Waals surface area contributed by atoms with E-state index >= 15 is 0 Å². The van der Waals surface area contributed by atoms with Crippen molar-refractivity contribution in [1.82, 2.24) is 0 Å². The van der Waals surface area contributed by atoms with Gasteiger partial charge in [0.15, 0.2) is 0 Å². The van der Waals surface area contributed by atoms with Crippen LogP contribution in [0.3, 0.4) is 0 Å². The van der Waals surface area contributed by atoms with E-state index in [4.69, 9.17) is 11.8 Å². The predicted molar refractivity (Wildman–Crippen MR) is 4.97 cm³/mol. The fourth-order valence-electron chi connectivity index (χ4n) is 0. The zero-order valence-electron chi connectivity index (χ0n) is 2.60. The van der Waals surface area contributed by atoms with Gasteiger partial charge in [-0.1, -0.05) is 0 Å². The van der Waals surface area contributed by atoms with E-state index in [1.165, 1.54) is 0 Å². The smallest absolute Gasteiger partial charge is 0.512 e. The first-order valence-corrected chi connectivity index (χ1v) is 0.224. The summed E-state index contributed by atoms with van der Waals surface area (Å²) in [6.07, 6.45) is 0. The van der Waals surface area contributed by atoms with E-state index in [-0.39, 0.29) is 90.8 Å². The predicted octanol–water partition coefficient (Wildman–Crippen LogP) is -2.90. The molecule has 0 aromatic carbocycles. The Kier molecular flexibility index (Phi) is 171. The van der Waals surface area contributed by atoms with Crippen LogP contribution in [0.2, 0.25) is 0 Å². The van der Waals surface area contributed by atoms with Gasteiger partial charge >= 0.3 is 51.4 Å². The third-order valence-corrected chi connectivity index (χ3v) is 0. The molecule has 4 heteroatoms. The normalized spacial score (nSPS) is 0.400. The molecule has 0 atom stereocenters. The van der Waals surface area contributed by atoms with Crippen LogP contribution in [0, 0.1) is 11.8 Å². The molecule has 0 amide bonds. The third kappa shape index (κ3) is 21.6. The van der Waals surface area contributed by atoms with Crippen LogP contribution in [0.1, 0.15) is 0 Å². The average Bonchev–Trinajstić information content (AvgIpc) is 1.00. The van der Waals surface area contributed by atoms with Crippen molar-refractivity contribution >= 4 is 0 Å². The van der Waals surface area contributed by atoms with E-state index in [0.717, 1.165) is 0 Å². The van der Waals surface area contributed by atoms with Crippen molar-refractivity contribution < 1.29 is 90.8 Å². The molecule has 0 saturated heterocycles. The Morgan fingerprint density at radius 1 is 1.20 bits per heavy atom. The summed E-state index contributed by atoms with van der Waals surface area (Å²) in [5.74, 6) is 0. The van der Waals surface area contributed by atoms with Crippen molar-refractivity contribution in [3.05, 3.63) is 6.57 Å². The summed E-state index contributed by atoms with van der Waals surface area (Å²) >= 11 is 0. The van der Waals surface area contributed by atoms with Crippen LogP contribution >= 0.6 is 0 Å². The molecule has 0 heterocycles. The molecule has 0 N–H and O–H groups in total. The fraction of sp³-hybridized carbons (Fsp3) is 0. The molecule has 5 heavy (non-hydrogen) atoms. The first kappa shape index (κ1) is 26.3. The summed E-state index contributed by atoms with van der Waals surface area (Å²) in [7, 11) is 0. The first-order valence-electron chi connectivity index (χ1n) is 0.224. The van der Waals surface area contributed by atoms with Crippen molar-refractivity contribution in [2.45, 2.75) is 0 Å². The van der Waals surface area contributed by atoms with Gasteiger partial charge < -0.3 is 11.8 Å². The molecular weight excluding hydrogens is 229 g/mol. The molecule has 0 bridgehead atoms. The van der Waals surface area contributed by atoms with Crippen molar-refractivity contribution in [3.8, 4) is 0 Å². The Morgan fingerprint density at radius 2 is 1.20 bits per heavy atom. The van der Waals surface area contributed by atoms with Gasteiger partial charge in [-0.05, 0) is 0 Å². The number of hydrogen-bond donors (Lipinski definition) is 0. The molecule has 0 aliphatic heterocycles. The van der Waals surface area contributed by atoms with Crippen molar-refractivity contribution in [1.29, 1.82) is 5.26 Å². The molecule has 0 fully saturated rings. The largest absolute Gasteiger partial charge is 1.00 e. The second-order valence-corrected chi connectivity index (χ2v) is 0. The molecule has 0 aliphatic rings. The second kappa shape index (κ2) is 32.5. The number of hydrogen-bond acceptors (Lipinski definition) is 1.